The Labute approximate surface area is 130 Å². The molecule has 0 aliphatic rings. The quantitative estimate of drug-likeness (QED) is 0.683. The third kappa shape index (κ3) is 3.42. The second kappa shape index (κ2) is 6.39. The molecule has 3 aromatic rings. The molecule has 0 unspecified atom stereocenters. The first-order chi connectivity index (χ1) is 11.1. The molecule has 0 aliphatic heterocycles. The fraction of sp³-hybridized carbons (Fsp3) is 0.0588. The minimum atomic E-state index is -0.801. The Kier molecular flexibility index (Phi) is 4.14. The van der Waals surface area contributed by atoms with Gasteiger partial charge in [-0.3, -0.25) is 0 Å². The van der Waals surface area contributed by atoms with E-state index in [0.29, 0.717) is 11.3 Å². The van der Waals surface area contributed by atoms with E-state index in [-0.39, 0.29) is 23.9 Å². The molecule has 116 valence electrons. The molecule has 6 heteroatoms. The molecule has 0 saturated carbocycles. The van der Waals surface area contributed by atoms with Gasteiger partial charge < -0.3 is 9.15 Å². The van der Waals surface area contributed by atoms with Crippen LogP contribution >= 0.6 is 0 Å². The lowest BCUT2D eigenvalue weighted by molar-refractivity contribution is 0.0433. The zero-order valence-corrected chi connectivity index (χ0v) is 11.8. The summed E-state index contributed by atoms with van der Waals surface area (Å²) in [5.41, 5.74) is 0.489. The van der Waals surface area contributed by atoms with Gasteiger partial charge in [-0.2, -0.15) is 0 Å². The highest BCUT2D eigenvalue weighted by atomic mass is 19.1. The van der Waals surface area contributed by atoms with Crippen molar-refractivity contribution in [3.63, 3.8) is 0 Å². The monoisotopic (exact) mass is 315 g/mol. The lowest BCUT2D eigenvalue weighted by Gasteiger charge is -2.03. The van der Waals surface area contributed by atoms with Crippen LogP contribution in [0, 0.1) is 11.6 Å². The average Bonchev–Trinajstić information content (AvgIpc) is 3.03. The number of nitrogens with zero attached hydrogens (tertiary/aromatic N) is 1. The van der Waals surface area contributed by atoms with E-state index in [9.17, 15) is 13.6 Å². The number of aromatic nitrogens is 1. The summed E-state index contributed by atoms with van der Waals surface area (Å²) in [4.78, 5) is 15.8. The molecule has 3 rings (SSSR count). The number of benzene rings is 2. The minimum Gasteiger partial charge on any atom is -0.452 e. The van der Waals surface area contributed by atoms with Crippen LogP contribution < -0.4 is 0 Å². The maximum absolute atomic E-state index is 13.5. The fourth-order valence-corrected chi connectivity index (χ4v) is 1.96. The van der Waals surface area contributed by atoms with E-state index < -0.39 is 11.8 Å². The van der Waals surface area contributed by atoms with Crippen molar-refractivity contribution in [3.05, 3.63) is 77.8 Å². The van der Waals surface area contributed by atoms with Gasteiger partial charge in [-0.1, -0.05) is 12.1 Å². The molecule has 0 bridgehead atoms. The first-order valence-electron chi connectivity index (χ1n) is 6.76. The highest BCUT2D eigenvalue weighted by Gasteiger charge is 2.14. The molecular formula is C17H11F2NO3. The summed E-state index contributed by atoms with van der Waals surface area (Å²) in [7, 11) is 0. The van der Waals surface area contributed by atoms with Crippen molar-refractivity contribution in [1.82, 2.24) is 4.98 Å². The number of halogens is 2. The first-order valence-corrected chi connectivity index (χ1v) is 6.76. The summed E-state index contributed by atoms with van der Waals surface area (Å²) < 4.78 is 36.7. The van der Waals surface area contributed by atoms with Crippen LogP contribution in [0.5, 0.6) is 0 Å². The second-order valence-corrected chi connectivity index (χ2v) is 4.68. The van der Waals surface area contributed by atoms with Crippen LogP contribution in [-0.4, -0.2) is 11.0 Å². The molecule has 1 heterocycles. The number of rotatable bonds is 4. The summed E-state index contributed by atoms with van der Waals surface area (Å²) in [6, 6.07) is 11.2. The largest absolute Gasteiger partial charge is 0.452 e. The zero-order chi connectivity index (χ0) is 16.2. The molecule has 0 spiro atoms. The van der Waals surface area contributed by atoms with E-state index in [1.165, 1.54) is 42.6 Å². The topological polar surface area (TPSA) is 52.3 Å². The molecule has 0 saturated heterocycles. The molecular weight excluding hydrogens is 304 g/mol. The number of carbonyl (C=O) groups is 1. The maximum atomic E-state index is 13.5. The lowest BCUT2D eigenvalue weighted by atomic mass is 10.2. The highest BCUT2D eigenvalue weighted by molar-refractivity contribution is 5.89. The predicted molar refractivity (Wildman–Crippen MR) is 77.4 cm³/mol. The number of esters is 1. The molecule has 0 atom stereocenters. The Morgan fingerprint density at radius 1 is 1.09 bits per heavy atom. The smallest absolute Gasteiger partial charge is 0.341 e. The Bertz CT molecular complexity index is 828. The molecule has 2 aromatic carbocycles. The number of carbonyl (C=O) groups excluding carboxylic acids is 1. The van der Waals surface area contributed by atoms with Gasteiger partial charge in [0.1, 0.15) is 11.6 Å². The van der Waals surface area contributed by atoms with E-state index in [0.717, 1.165) is 0 Å². The van der Waals surface area contributed by atoms with Gasteiger partial charge in [-0.15, -0.1) is 0 Å². The van der Waals surface area contributed by atoms with Crippen molar-refractivity contribution < 1.29 is 22.7 Å². The SMILES string of the molecule is O=C(OCc1ncc(-c2ccc(F)cc2)o1)c1ccccc1F. The number of ether oxygens (including phenoxy) is 1. The van der Waals surface area contributed by atoms with Crippen LogP contribution in [0.1, 0.15) is 16.2 Å². The summed E-state index contributed by atoms with van der Waals surface area (Å²) in [5, 5.41) is 0. The molecule has 23 heavy (non-hydrogen) atoms. The first kappa shape index (κ1) is 14.9. The third-order valence-electron chi connectivity index (χ3n) is 3.10. The van der Waals surface area contributed by atoms with Crippen molar-refractivity contribution >= 4 is 5.97 Å². The Morgan fingerprint density at radius 2 is 1.83 bits per heavy atom. The average molecular weight is 315 g/mol. The normalized spacial score (nSPS) is 10.5. The maximum Gasteiger partial charge on any atom is 0.341 e. The Morgan fingerprint density at radius 3 is 2.57 bits per heavy atom. The van der Waals surface area contributed by atoms with E-state index in [4.69, 9.17) is 9.15 Å². The van der Waals surface area contributed by atoms with Crippen LogP contribution in [0.2, 0.25) is 0 Å². The molecule has 0 radical (unpaired) electrons. The Balaban J connectivity index is 1.67. The van der Waals surface area contributed by atoms with Gasteiger partial charge in [-0.25, -0.2) is 18.6 Å². The van der Waals surface area contributed by atoms with Crippen molar-refractivity contribution in [3.8, 4) is 11.3 Å². The molecule has 4 nitrogen and oxygen atoms in total. The molecule has 0 N–H and O–H groups in total. The van der Waals surface area contributed by atoms with Crippen molar-refractivity contribution in [1.29, 1.82) is 0 Å². The van der Waals surface area contributed by atoms with Crippen LogP contribution in [0.15, 0.2) is 59.1 Å². The minimum absolute atomic E-state index is 0.155. The van der Waals surface area contributed by atoms with Gasteiger partial charge in [0, 0.05) is 5.56 Å². The van der Waals surface area contributed by atoms with Crippen molar-refractivity contribution in [2.75, 3.05) is 0 Å². The van der Waals surface area contributed by atoms with Gasteiger partial charge in [-0.05, 0) is 36.4 Å². The number of hydrogen-bond donors (Lipinski definition) is 0. The van der Waals surface area contributed by atoms with Crippen LogP contribution in [-0.2, 0) is 11.3 Å². The van der Waals surface area contributed by atoms with E-state index in [1.54, 1.807) is 12.1 Å². The lowest BCUT2D eigenvalue weighted by Crippen LogP contribution is -2.07. The van der Waals surface area contributed by atoms with E-state index in [2.05, 4.69) is 4.98 Å². The van der Waals surface area contributed by atoms with E-state index in [1.807, 2.05) is 0 Å². The molecule has 0 amide bonds. The Hall–Kier alpha value is -3.02. The summed E-state index contributed by atoms with van der Waals surface area (Å²) in [6.45, 7) is -0.228. The highest BCUT2D eigenvalue weighted by Crippen LogP contribution is 2.21. The van der Waals surface area contributed by atoms with Crippen LogP contribution in [0.3, 0.4) is 0 Å². The van der Waals surface area contributed by atoms with Crippen molar-refractivity contribution in [2.24, 2.45) is 0 Å². The van der Waals surface area contributed by atoms with Gasteiger partial charge in [0.15, 0.2) is 12.4 Å². The number of oxazole rings is 1. The summed E-state index contributed by atoms with van der Waals surface area (Å²) >= 11 is 0. The standard InChI is InChI=1S/C17H11F2NO3/c18-12-7-5-11(6-8-12)15-9-20-16(23-15)10-22-17(21)13-3-1-2-4-14(13)19/h1-9H,10H2. The molecule has 0 fully saturated rings. The molecule has 1 aromatic heterocycles. The molecule has 0 aliphatic carbocycles. The summed E-state index contributed by atoms with van der Waals surface area (Å²) in [5.74, 6) is -1.23. The fourth-order valence-electron chi connectivity index (χ4n) is 1.96. The van der Waals surface area contributed by atoms with Gasteiger partial charge in [0.2, 0.25) is 5.89 Å². The van der Waals surface area contributed by atoms with Gasteiger partial charge >= 0.3 is 5.97 Å². The van der Waals surface area contributed by atoms with Crippen molar-refractivity contribution in [2.45, 2.75) is 6.61 Å². The summed E-state index contributed by atoms with van der Waals surface area (Å²) in [6.07, 6.45) is 1.44. The van der Waals surface area contributed by atoms with Gasteiger partial charge in [0.25, 0.3) is 0 Å². The third-order valence-corrected chi connectivity index (χ3v) is 3.10. The van der Waals surface area contributed by atoms with Crippen LogP contribution in [0.4, 0.5) is 8.78 Å². The second-order valence-electron chi connectivity index (χ2n) is 4.68. The van der Waals surface area contributed by atoms with Gasteiger partial charge in [0.05, 0.1) is 11.8 Å². The zero-order valence-electron chi connectivity index (χ0n) is 11.8. The predicted octanol–water partition coefficient (Wildman–Crippen LogP) is 3.98. The number of hydrogen-bond acceptors (Lipinski definition) is 4. The van der Waals surface area contributed by atoms with E-state index >= 15 is 0 Å². The van der Waals surface area contributed by atoms with Crippen LogP contribution in [0.25, 0.3) is 11.3 Å².